The molecule has 5 rings (SSSR count). The second kappa shape index (κ2) is 10.3. The molecule has 5 aliphatic rings. The number of amides is 1. The predicted molar refractivity (Wildman–Crippen MR) is 168 cm³/mol. The van der Waals surface area contributed by atoms with Gasteiger partial charge >= 0.3 is 11.9 Å². The van der Waals surface area contributed by atoms with Crippen LogP contribution < -0.4 is 5.32 Å². The summed E-state index contributed by atoms with van der Waals surface area (Å²) in [6.45, 7) is 17.3. The summed E-state index contributed by atoms with van der Waals surface area (Å²) in [5.74, 6) is -1.04. The smallest absolute Gasteiger partial charge is 0.327 e. The molecule has 0 spiro atoms. The summed E-state index contributed by atoms with van der Waals surface area (Å²) in [7, 11) is 0. The number of rotatable bonds is 5. The molecule has 0 radical (unpaired) electrons. The van der Waals surface area contributed by atoms with Crippen molar-refractivity contribution in [1.29, 1.82) is 0 Å². The van der Waals surface area contributed by atoms with Crippen molar-refractivity contribution in [2.24, 2.45) is 50.2 Å². The maximum atomic E-state index is 14.6. The van der Waals surface area contributed by atoms with Crippen LogP contribution in [0.15, 0.2) is 11.6 Å². The fourth-order valence-electron chi connectivity index (χ4n) is 11.3. The molecule has 0 aliphatic heterocycles. The van der Waals surface area contributed by atoms with Gasteiger partial charge in [0.2, 0.25) is 5.91 Å². The number of carboxylic acid groups (broad SMARTS) is 1. The Bertz CT molecular complexity index is 1260. The van der Waals surface area contributed by atoms with E-state index in [4.69, 9.17) is 4.74 Å². The number of ether oxygens (including phenoxy) is 1. The number of carbonyl (C=O) groups is 4. The van der Waals surface area contributed by atoms with Crippen LogP contribution >= 0.6 is 12.6 Å². The average molecular weight is 616 g/mol. The van der Waals surface area contributed by atoms with Crippen LogP contribution in [0.2, 0.25) is 0 Å². The van der Waals surface area contributed by atoms with Crippen LogP contribution in [-0.4, -0.2) is 46.6 Å². The lowest BCUT2D eigenvalue weighted by molar-refractivity contribution is -0.210. The molecule has 1 unspecified atom stereocenters. The number of nitrogens with one attached hydrogen (secondary N) is 1. The number of esters is 1. The highest BCUT2D eigenvalue weighted by Crippen LogP contribution is 2.75. The molecule has 43 heavy (non-hydrogen) atoms. The molecule has 0 aromatic rings. The van der Waals surface area contributed by atoms with Crippen LogP contribution in [0.4, 0.5) is 0 Å². The fraction of sp³-hybridized carbons (Fsp3) is 0.829. The number of carboxylic acids is 1. The second-order valence-corrected chi connectivity index (χ2v) is 17.1. The summed E-state index contributed by atoms with van der Waals surface area (Å²) in [6, 6.07) is -1.02. The van der Waals surface area contributed by atoms with E-state index < -0.39 is 17.4 Å². The van der Waals surface area contributed by atoms with Gasteiger partial charge < -0.3 is 15.2 Å². The Morgan fingerprint density at radius 2 is 1.65 bits per heavy atom. The van der Waals surface area contributed by atoms with Gasteiger partial charge in [0.05, 0.1) is 0 Å². The third-order valence-corrected chi connectivity index (χ3v) is 14.5. The van der Waals surface area contributed by atoms with E-state index in [1.807, 2.05) is 13.0 Å². The second-order valence-electron chi connectivity index (χ2n) is 16.8. The topological polar surface area (TPSA) is 110 Å². The maximum Gasteiger partial charge on any atom is 0.327 e. The Morgan fingerprint density at radius 1 is 1.00 bits per heavy atom. The molecule has 0 bridgehead atoms. The van der Waals surface area contributed by atoms with Gasteiger partial charge in [-0.25, -0.2) is 4.79 Å². The molecular formula is C35H53NO6S. The summed E-state index contributed by atoms with van der Waals surface area (Å²) in [5, 5.41) is 12.3. The summed E-state index contributed by atoms with van der Waals surface area (Å²) in [6.07, 6.45) is 9.68. The number of allylic oxidation sites excluding steroid dienone is 2. The van der Waals surface area contributed by atoms with Crippen molar-refractivity contribution in [1.82, 2.24) is 5.32 Å². The van der Waals surface area contributed by atoms with Crippen molar-refractivity contribution < 1.29 is 29.0 Å². The predicted octanol–water partition coefficient (Wildman–Crippen LogP) is 6.40. The van der Waals surface area contributed by atoms with Gasteiger partial charge in [0.1, 0.15) is 12.1 Å². The number of hydrogen-bond donors (Lipinski definition) is 3. The number of hydrogen-bond acceptors (Lipinski definition) is 6. The zero-order valence-electron chi connectivity index (χ0n) is 27.5. The SMILES string of the molecule is CC(=O)O[C@H]1CC[C@]2(C)[C@H]3C(=O)C=C4[C@@H]5C[C@@](C)(C(=O)NC(CS)C(=O)O)CC[C@]5(C)CC[C@@]4(C)[C@]3(C)CC[C@H]2C1(C)C. The van der Waals surface area contributed by atoms with Gasteiger partial charge in [-0.3, -0.25) is 14.4 Å². The minimum atomic E-state index is -1.08. The van der Waals surface area contributed by atoms with Gasteiger partial charge in [-0.2, -0.15) is 12.6 Å². The Labute approximate surface area is 263 Å². The third kappa shape index (κ3) is 4.65. The van der Waals surface area contributed by atoms with Crippen LogP contribution in [0.25, 0.3) is 0 Å². The molecule has 7 nitrogen and oxygen atoms in total. The quantitative estimate of drug-likeness (QED) is 0.244. The van der Waals surface area contributed by atoms with Crippen LogP contribution in [-0.2, 0) is 23.9 Å². The van der Waals surface area contributed by atoms with E-state index in [0.29, 0.717) is 12.8 Å². The minimum Gasteiger partial charge on any atom is -0.480 e. The highest BCUT2D eigenvalue weighted by Gasteiger charge is 2.70. The van der Waals surface area contributed by atoms with Crippen LogP contribution in [0.5, 0.6) is 0 Å². The third-order valence-electron chi connectivity index (χ3n) is 14.2. The van der Waals surface area contributed by atoms with Gasteiger partial charge in [-0.1, -0.05) is 54.0 Å². The van der Waals surface area contributed by atoms with Crippen molar-refractivity contribution in [2.75, 3.05) is 5.75 Å². The normalized spacial score (nSPS) is 45.7. The largest absolute Gasteiger partial charge is 0.480 e. The molecule has 0 heterocycles. The molecule has 0 saturated heterocycles. The van der Waals surface area contributed by atoms with E-state index in [1.165, 1.54) is 12.5 Å². The first kappa shape index (κ1) is 32.6. The standard InChI is InChI=1S/C35H53NO6S/c1-20(37)42-26-10-11-33(6)25(30(26,2)3)9-12-35(8)27(33)24(38)17-21-22-18-32(5,29(41)36-23(19-43)28(39)40)14-13-31(22,4)15-16-34(21,35)7/h17,22-23,25-27,43H,9-16,18-19H2,1-8H3,(H,36,41)(H,39,40)/t22-,23?,25-,26-,27+,31+,32-,33-,34+,35+/m0/s1. The van der Waals surface area contributed by atoms with Crippen molar-refractivity contribution in [3.05, 3.63) is 11.6 Å². The number of ketones is 1. The van der Waals surface area contributed by atoms with E-state index in [-0.39, 0.29) is 74.3 Å². The van der Waals surface area contributed by atoms with E-state index in [9.17, 15) is 24.3 Å². The first-order valence-corrected chi connectivity index (χ1v) is 17.0. The van der Waals surface area contributed by atoms with Crippen molar-refractivity contribution in [3.8, 4) is 0 Å². The molecule has 0 aromatic heterocycles. The van der Waals surface area contributed by atoms with E-state index in [1.54, 1.807) is 0 Å². The monoisotopic (exact) mass is 615 g/mol. The molecule has 240 valence electrons. The first-order valence-electron chi connectivity index (χ1n) is 16.4. The summed E-state index contributed by atoms with van der Waals surface area (Å²) in [5.41, 5.74) is -0.321. The van der Waals surface area contributed by atoms with Crippen molar-refractivity contribution in [2.45, 2.75) is 125 Å². The summed E-state index contributed by atoms with van der Waals surface area (Å²) < 4.78 is 5.84. The van der Waals surface area contributed by atoms with Crippen LogP contribution in [0, 0.1) is 50.2 Å². The highest BCUT2D eigenvalue weighted by atomic mass is 32.1. The number of fused-ring (bicyclic) bond motifs is 7. The van der Waals surface area contributed by atoms with E-state index in [0.717, 1.165) is 44.9 Å². The van der Waals surface area contributed by atoms with E-state index >= 15 is 0 Å². The van der Waals surface area contributed by atoms with Gasteiger partial charge in [0.25, 0.3) is 0 Å². The van der Waals surface area contributed by atoms with Crippen LogP contribution in [0.1, 0.15) is 113 Å². The molecule has 0 aromatic carbocycles. The molecule has 4 saturated carbocycles. The van der Waals surface area contributed by atoms with Gasteiger partial charge in [0.15, 0.2) is 5.78 Å². The molecule has 1 amide bonds. The maximum absolute atomic E-state index is 14.6. The molecular weight excluding hydrogens is 562 g/mol. The Hall–Kier alpha value is -1.83. The minimum absolute atomic E-state index is 0.00442. The number of thiol groups is 1. The van der Waals surface area contributed by atoms with Crippen molar-refractivity contribution >= 4 is 36.3 Å². The molecule has 2 N–H and O–H groups in total. The Kier molecular flexibility index (Phi) is 7.84. The van der Waals surface area contributed by atoms with E-state index in [2.05, 4.69) is 59.5 Å². The molecule has 10 atom stereocenters. The number of carbonyl (C=O) groups excluding carboxylic acids is 3. The lowest BCUT2D eigenvalue weighted by Gasteiger charge is -2.70. The van der Waals surface area contributed by atoms with Crippen molar-refractivity contribution in [3.63, 3.8) is 0 Å². The fourth-order valence-corrected chi connectivity index (χ4v) is 11.5. The molecule has 5 aliphatic carbocycles. The van der Waals surface area contributed by atoms with Gasteiger partial charge in [0, 0.05) is 29.4 Å². The lowest BCUT2D eigenvalue weighted by atomic mass is 9.33. The van der Waals surface area contributed by atoms with Gasteiger partial charge in [-0.05, 0) is 97.4 Å². The molecule has 4 fully saturated rings. The zero-order valence-corrected chi connectivity index (χ0v) is 28.4. The Morgan fingerprint density at radius 3 is 2.26 bits per heavy atom. The Balaban J connectivity index is 1.51. The van der Waals surface area contributed by atoms with Gasteiger partial charge in [-0.15, -0.1) is 0 Å². The first-order chi connectivity index (χ1) is 19.8. The summed E-state index contributed by atoms with van der Waals surface area (Å²) in [4.78, 5) is 51.8. The highest BCUT2D eigenvalue weighted by molar-refractivity contribution is 7.80. The molecule has 8 heteroatoms. The lowest BCUT2D eigenvalue weighted by Crippen LogP contribution is -2.67. The zero-order chi connectivity index (χ0) is 32.0. The number of aliphatic carboxylic acids is 1. The average Bonchev–Trinajstić information content (AvgIpc) is 2.90. The summed E-state index contributed by atoms with van der Waals surface area (Å²) >= 11 is 4.15. The van der Waals surface area contributed by atoms with Crippen LogP contribution in [0.3, 0.4) is 0 Å².